The molecular weight excluding hydrogens is 385 g/mol. The van der Waals surface area contributed by atoms with E-state index >= 15 is 0 Å². The standard InChI is InChI=1S/C20H21F3N4O2/c1-26-18(9-8-16-3-2-11-28-16)24-25-19(26)27-10-12-29-17(13-27)14-4-6-15(7-5-14)20(21,22)23/h2-7,11,17H,8-10,12-13H2,1H3/t17-/m0/s1. The van der Waals surface area contributed by atoms with E-state index in [1.165, 1.54) is 12.1 Å². The van der Waals surface area contributed by atoms with E-state index in [1.54, 1.807) is 6.26 Å². The fraction of sp³-hybridized carbons (Fsp3) is 0.400. The smallest absolute Gasteiger partial charge is 0.416 e. The summed E-state index contributed by atoms with van der Waals surface area (Å²) in [6.45, 7) is 1.59. The first-order valence-corrected chi connectivity index (χ1v) is 9.36. The summed E-state index contributed by atoms with van der Waals surface area (Å²) < 4.78 is 51.4. The first kappa shape index (κ1) is 19.5. The number of rotatable bonds is 5. The van der Waals surface area contributed by atoms with Gasteiger partial charge >= 0.3 is 6.18 Å². The zero-order chi connectivity index (χ0) is 20.4. The maximum Gasteiger partial charge on any atom is 0.416 e. The maximum atomic E-state index is 12.8. The summed E-state index contributed by atoms with van der Waals surface area (Å²) in [6.07, 6.45) is -1.59. The van der Waals surface area contributed by atoms with Crippen molar-refractivity contribution < 1.29 is 22.3 Å². The monoisotopic (exact) mass is 406 g/mol. The molecule has 154 valence electrons. The second-order valence-corrected chi connectivity index (χ2v) is 6.98. The predicted octanol–water partition coefficient (Wildman–Crippen LogP) is 3.79. The van der Waals surface area contributed by atoms with Gasteiger partial charge in [-0.2, -0.15) is 13.2 Å². The quantitative estimate of drug-likeness (QED) is 0.645. The first-order valence-electron chi connectivity index (χ1n) is 9.36. The first-order chi connectivity index (χ1) is 13.9. The molecule has 0 amide bonds. The van der Waals surface area contributed by atoms with Gasteiger partial charge in [-0.1, -0.05) is 12.1 Å². The van der Waals surface area contributed by atoms with Crippen LogP contribution in [0.4, 0.5) is 19.1 Å². The molecule has 9 heteroatoms. The van der Waals surface area contributed by atoms with Crippen LogP contribution in [-0.4, -0.2) is 34.5 Å². The molecule has 0 unspecified atom stereocenters. The van der Waals surface area contributed by atoms with Crippen LogP contribution in [0.25, 0.3) is 0 Å². The molecule has 1 aliphatic rings. The Bertz CT molecular complexity index is 936. The van der Waals surface area contributed by atoms with Crippen molar-refractivity contribution in [2.45, 2.75) is 25.1 Å². The van der Waals surface area contributed by atoms with Crippen LogP contribution in [0, 0.1) is 0 Å². The molecule has 1 fully saturated rings. The lowest BCUT2D eigenvalue weighted by molar-refractivity contribution is -0.137. The van der Waals surface area contributed by atoms with E-state index in [4.69, 9.17) is 9.15 Å². The third kappa shape index (κ3) is 4.29. The maximum absolute atomic E-state index is 12.8. The summed E-state index contributed by atoms with van der Waals surface area (Å²) in [5, 5.41) is 8.61. The fourth-order valence-electron chi connectivity index (χ4n) is 3.45. The van der Waals surface area contributed by atoms with Crippen molar-refractivity contribution in [3.8, 4) is 0 Å². The molecule has 4 rings (SSSR count). The summed E-state index contributed by atoms with van der Waals surface area (Å²) in [4.78, 5) is 2.05. The van der Waals surface area contributed by atoms with Crippen molar-refractivity contribution in [1.82, 2.24) is 14.8 Å². The minimum atomic E-state index is -4.34. The van der Waals surface area contributed by atoms with E-state index < -0.39 is 11.7 Å². The van der Waals surface area contributed by atoms with Crippen LogP contribution in [0.2, 0.25) is 0 Å². The van der Waals surface area contributed by atoms with Gasteiger partial charge in [0, 0.05) is 26.4 Å². The Kier molecular flexibility index (Phi) is 5.31. The number of furan rings is 1. The molecule has 1 atom stereocenters. The van der Waals surface area contributed by atoms with Crippen LogP contribution in [0.3, 0.4) is 0 Å². The van der Waals surface area contributed by atoms with E-state index in [0.29, 0.717) is 31.7 Å². The number of anilines is 1. The normalized spacial score (nSPS) is 17.7. The highest BCUT2D eigenvalue weighted by Gasteiger charge is 2.31. The van der Waals surface area contributed by atoms with E-state index in [2.05, 4.69) is 15.1 Å². The van der Waals surface area contributed by atoms with Crippen LogP contribution in [0.5, 0.6) is 0 Å². The van der Waals surface area contributed by atoms with Gasteiger partial charge < -0.3 is 18.6 Å². The topological polar surface area (TPSA) is 56.3 Å². The Morgan fingerprint density at radius 1 is 1.10 bits per heavy atom. The Balaban J connectivity index is 1.44. The number of nitrogens with zero attached hydrogens (tertiary/aromatic N) is 4. The third-order valence-corrected chi connectivity index (χ3v) is 5.08. The van der Waals surface area contributed by atoms with Gasteiger partial charge in [-0.05, 0) is 29.8 Å². The van der Waals surface area contributed by atoms with E-state index in [1.807, 2.05) is 23.7 Å². The molecule has 3 aromatic rings. The van der Waals surface area contributed by atoms with Gasteiger partial charge in [0.15, 0.2) is 0 Å². The number of halogens is 3. The average Bonchev–Trinajstić information content (AvgIpc) is 3.36. The van der Waals surface area contributed by atoms with E-state index in [-0.39, 0.29) is 6.10 Å². The van der Waals surface area contributed by atoms with Gasteiger partial charge in [0.25, 0.3) is 0 Å². The minimum absolute atomic E-state index is 0.325. The zero-order valence-corrected chi connectivity index (χ0v) is 15.9. The number of benzene rings is 1. The van der Waals surface area contributed by atoms with Crippen molar-refractivity contribution in [3.63, 3.8) is 0 Å². The number of morpholine rings is 1. The number of hydrogen-bond acceptors (Lipinski definition) is 5. The summed E-state index contributed by atoms with van der Waals surface area (Å²) >= 11 is 0. The van der Waals surface area contributed by atoms with E-state index in [0.717, 1.165) is 36.1 Å². The number of aryl methyl sites for hydroxylation is 2. The van der Waals surface area contributed by atoms with Gasteiger partial charge in [-0.15, -0.1) is 10.2 Å². The van der Waals surface area contributed by atoms with Crippen molar-refractivity contribution >= 4 is 5.95 Å². The second kappa shape index (κ2) is 7.90. The molecule has 1 aromatic carbocycles. The Morgan fingerprint density at radius 3 is 2.59 bits per heavy atom. The number of alkyl halides is 3. The van der Waals surface area contributed by atoms with Gasteiger partial charge in [-0.25, -0.2) is 0 Å². The van der Waals surface area contributed by atoms with Gasteiger partial charge in [0.2, 0.25) is 5.95 Å². The van der Waals surface area contributed by atoms with Crippen LogP contribution in [0.1, 0.15) is 28.8 Å². The molecule has 3 heterocycles. The lowest BCUT2D eigenvalue weighted by atomic mass is 10.1. The fourth-order valence-corrected chi connectivity index (χ4v) is 3.45. The van der Waals surface area contributed by atoms with Crippen molar-refractivity contribution in [3.05, 3.63) is 65.4 Å². The van der Waals surface area contributed by atoms with Gasteiger partial charge in [0.05, 0.1) is 25.0 Å². The summed E-state index contributed by atoms with van der Waals surface area (Å²) in [5.41, 5.74) is 0.0475. The highest BCUT2D eigenvalue weighted by atomic mass is 19.4. The lowest BCUT2D eigenvalue weighted by Crippen LogP contribution is -2.39. The van der Waals surface area contributed by atoms with Crippen LogP contribution in [0.15, 0.2) is 47.1 Å². The molecule has 1 saturated heterocycles. The van der Waals surface area contributed by atoms with Gasteiger partial charge in [-0.3, -0.25) is 0 Å². The molecule has 0 radical (unpaired) electrons. The molecule has 2 aromatic heterocycles. The SMILES string of the molecule is Cn1c(CCc2ccco2)nnc1N1CCO[C@H](c2ccc(C(F)(F)F)cc2)C1. The molecule has 0 spiro atoms. The summed E-state index contributed by atoms with van der Waals surface area (Å²) in [5.74, 6) is 2.46. The van der Waals surface area contributed by atoms with Crippen LogP contribution in [-0.2, 0) is 30.8 Å². The van der Waals surface area contributed by atoms with Crippen molar-refractivity contribution in [1.29, 1.82) is 0 Å². The number of aromatic nitrogens is 3. The Morgan fingerprint density at radius 2 is 1.90 bits per heavy atom. The number of hydrogen-bond donors (Lipinski definition) is 0. The highest BCUT2D eigenvalue weighted by Crippen LogP contribution is 2.31. The minimum Gasteiger partial charge on any atom is -0.469 e. The molecule has 1 aliphatic heterocycles. The highest BCUT2D eigenvalue weighted by molar-refractivity contribution is 5.34. The summed E-state index contributed by atoms with van der Waals surface area (Å²) in [7, 11) is 1.91. The lowest BCUT2D eigenvalue weighted by Gasteiger charge is -2.33. The van der Waals surface area contributed by atoms with Crippen molar-refractivity contribution in [2.75, 3.05) is 24.6 Å². The molecule has 29 heavy (non-hydrogen) atoms. The molecule has 0 aliphatic carbocycles. The Hall–Kier alpha value is -2.81. The Labute approximate surface area is 165 Å². The average molecular weight is 406 g/mol. The molecule has 0 N–H and O–H groups in total. The van der Waals surface area contributed by atoms with Crippen LogP contribution >= 0.6 is 0 Å². The molecule has 0 bridgehead atoms. The molecule has 0 saturated carbocycles. The van der Waals surface area contributed by atoms with E-state index in [9.17, 15) is 13.2 Å². The van der Waals surface area contributed by atoms with Crippen molar-refractivity contribution in [2.24, 2.45) is 7.05 Å². The van der Waals surface area contributed by atoms with Crippen LogP contribution < -0.4 is 4.90 Å². The zero-order valence-electron chi connectivity index (χ0n) is 15.9. The van der Waals surface area contributed by atoms with Gasteiger partial charge in [0.1, 0.15) is 17.7 Å². The number of ether oxygens (including phenoxy) is 1. The molecular formula is C20H21F3N4O2. The largest absolute Gasteiger partial charge is 0.469 e. The molecule has 6 nitrogen and oxygen atoms in total. The summed E-state index contributed by atoms with van der Waals surface area (Å²) in [6, 6.07) is 8.91. The second-order valence-electron chi connectivity index (χ2n) is 6.98. The third-order valence-electron chi connectivity index (χ3n) is 5.08. The predicted molar refractivity (Wildman–Crippen MR) is 99.5 cm³/mol.